The number of ether oxygens (including phenoxy) is 1. The molecule has 0 spiro atoms. The average Bonchev–Trinajstić information content (AvgIpc) is 2.81. The van der Waals surface area contributed by atoms with Crippen LogP contribution < -0.4 is 20.7 Å². The molecule has 0 aromatic heterocycles. The molecule has 3 N–H and O–H groups in total. The van der Waals surface area contributed by atoms with Gasteiger partial charge in [-0.15, -0.1) is 0 Å². The number of nitrogens with one attached hydrogen (secondary N) is 3. The van der Waals surface area contributed by atoms with E-state index in [4.69, 9.17) is 17.0 Å². The molecule has 0 saturated carbocycles. The van der Waals surface area contributed by atoms with Crippen molar-refractivity contribution in [2.75, 3.05) is 36.7 Å². The molecule has 0 radical (unpaired) electrons. The minimum absolute atomic E-state index is 0.160. The van der Waals surface area contributed by atoms with Crippen molar-refractivity contribution in [1.82, 2.24) is 4.31 Å². The van der Waals surface area contributed by atoms with Crippen molar-refractivity contribution in [2.24, 2.45) is 0 Å². The number of anilines is 3. The van der Waals surface area contributed by atoms with Crippen LogP contribution in [0.25, 0.3) is 0 Å². The molecule has 34 heavy (non-hydrogen) atoms. The van der Waals surface area contributed by atoms with Gasteiger partial charge in [-0.2, -0.15) is 0 Å². The lowest BCUT2D eigenvalue weighted by Gasteiger charge is -2.14. The van der Waals surface area contributed by atoms with Gasteiger partial charge in [0.2, 0.25) is 10.0 Å². The first kappa shape index (κ1) is 25.2. The van der Waals surface area contributed by atoms with Crippen LogP contribution in [0.4, 0.5) is 17.1 Å². The summed E-state index contributed by atoms with van der Waals surface area (Å²) < 4.78 is 31.2. The van der Waals surface area contributed by atoms with Gasteiger partial charge in [0.1, 0.15) is 5.75 Å². The first-order valence-corrected chi connectivity index (χ1v) is 12.3. The minimum atomic E-state index is -3.55. The third-order valence-corrected chi connectivity index (χ3v) is 6.71. The van der Waals surface area contributed by atoms with E-state index in [1.807, 2.05) is 6.92 Å². The normalized spacial score (nSPS) is 11.1. The Hall–Kier alpha value is -3.47. The molecular formula is C24H26N4O4S2. The Labute approximate surface area is 205 Å². The number of nitrogens with zero attached hydrogens (tertiary/aromatic N) is 1. The quantitative estimate of drug-likeness (QED) is 0.396. The fourth-order valence-electron chi connectivity index (χ4n) is 2.95. The second-order valence-corrected chi connectivity index (χ2v) is 9.94. The van der Waals surface area contributed by atoms with Crippen molar-refractivity contribution in [3.05, 3.63) is 78.4 Å². The summed E-state index contributed by atoms with van der Waals surface area (Å²) in [6, 6.07) is 20.4. The summed E-state index contributed by atoms with van der Waals surface area (Å²) in [5.41, 5.74) is 2.36. The van der Waals surface area contributed by atoms with E-state index < -0.39 is 10.0 Å². The topological polar surface area (TPSA) is 99.8 Å². The molecule has 10 heteroatoms. The third kappa shape index (κ3) is 6.53. The van der Waals surface area contributed by atoms with E-state index in [9.17, 15) is 13.2 Å². The van der Waals surface area contributed by atoms with Gasteiger partial charge in [0.25, 0.3) is 5.91 Å². The molecule has 0 aliphatic rings. The van der Waals surface area contributed by atoms with Gasteiger partial charge < -0.3 is 20.7 Å². The highest BCUT2D eigenvalue weighted by atomic mass is 32.2. The van der Waals surface area contributed by atoms with E-state index in [-0.39, 0.29) is 15.9 Å². The fraction of sp³-hybridized carbons (Fsp3) is 0.167. The number of rotatable bonds is 8. The Balaban J connectivity index is 1.59. The second kappa shape index (κ2) is 11.1. The zero-order valence-electron chi connectivity index (χ0n) is 19.0. The summed E-state index contributed by atoms with van der Waals surface area (Å²) in [5.74, 6) is 0.502. The van der Waals surface area contributed by atoms with Gasteiger partial charge in [0.05, 0.1) is 11.5 Å². The van der Waals surface area contributed by atoms with E-state index >= 15 is 0 Å². The Morgan fingerprint density at radius 2 is 1.47 bits per heavy atom. The largest absolute Gasteiger partial charge is 0.494 e. The summed E-state index contributed by atoms with van der Waals surface area (Å²) in [6.07, 6.45) is 0. The number of sulfonamides is 1. The standard InChI is InChI=1S/C24H26N4O4S2/c1-4-32-21-14-12-18(13-15-21)25-23(29)17-8-10-19(11-9-17)26-24(33)27-20-6-5-7-22(16-20)34(30,31)28(2)3/h5-16H,4H2,1-3H3,(H,25,29)(H2,26,27,33). The summed E-state index contributed by atoms with van der Waals surface area (Å²) in [6.45, 7) is 2.49. The van der Waals surface area contributed by atoms with Crippen molar-refractivity contribution in [1.29, 1.82) is 0 Å². The number of amides is 1. The number of benzene rings is 3. The lowest BCUT2D eigenvalue weighted by atomic mass is 10.2. The molecule has 0 bridgehead atoms. The van der Waals surface area contributed by atoms with Gasteiger partial charge >= 0.3 is 0 Å². The Kier molecular flexibility index (Phi) is 8.21. The molecule has 3 rings (SSSR count). The molecule has 0 heterocycles. The maximum Gasteiger partial charge on any atom is 0.255 e. The van der Waals surface area contributed by atoms with Crippen LogP contribution in [0.1, 0.15) is 17.3 Å². The highest BCUT2D eigenvalue weighted by Crippen LogP contribution is 2.19. The summed E-state index contributed by atoms with van der Waals surface area (Å²) in [4.78, 5) is 12.7. The molecule has 1 amide bonds. The monoisotopic (exact) mass is 498 g/mol. The molecule has 3 aromatic carbocycles. The zero-order chi connectivity index (χ0) is 24.7. The molecule has 0 aliphatic heterocycles. The molecule has 0 atom stereocenters. The van der Waals surface area contributed by atoms with Crippen LogP contribution in [0.5, 0.6) is 5.75 Å². The van der Waals surface area contributed by atoms with Crippen LogP contribution in [-0.4, -0.2) is 44.4 Å². The number of carbonyl (C=O) groups is 1. The van der Waals surface area contributed by atoms with Crippen LogP contribution in [0.2, 0.25) is 0 Å². The van der Waals surface area contributed by atoms with E-state index in [0.29, 0.717) is 29.2 Å². The van der Waals surface area contributed by atoms with Crippen molar-refractivity contribution in [2.45, 2.75) is 11.8 Å². The maximum absolute atomic E-state index is 12.5. The minimum Gasteiger partial charge on any atom is -0.494 e. The number of carbonyl (C=O) groups excluding carboxylic acids is 1. The Morgan fingerprint density at radius 1 is 0.882 bits per heavy atom. The van der Waals surface area contributed by atoms with Crippen molar-refractivity contribution in [3.8, 4) is 5.75 Å². The molecule has 0 saturated heterocycles. The Bertz CT molecular complexity index is 1260. The van der Waals surface area contributed by atoms with Crippen LogP contribution in [0.3, 0.4) is 0 Å². The molecular weight excluding hydrogens is 472 g/mol. The lowest BCUT2D eigenvalue weighted by Crippen LogP contribution is -2.23. The number of hydrogen-bond acceptors (Lipinski definition) is 5. The Morgan fingerprint density at radius 3 is 2.09 bits per heavy atom. The van der Waals surface area contributed by atoms with Gasteiger partial charge in [-0.1, -0.05) is 6.07 Å². The molecule has 3 aromatic rings. The first-order valence-electron chi connectivity index (χ1n) is 10.4. The highest BCUT2D eigenvalue weighted by Gasteiger charge is 2.17. The average molecular weight is 499 g/mol. The SMILES string of the molecule is CCOc1ccc(NC(=O)c2ccc(NC(=S)Nc3cccc(S(=O)(=O)N(C)C)c3)cc2)cc1. The van der Waals surface area contributed by atoms with Crippen LogP contribution >= 0.6 is 12.2 Å². The summed E-state index contributed by atoms with van der Waals surface area (Å²) >= 11 is 5.34. The summed E-state index contributed by atoms with van der Waals surface area (Å²) in [5, 5.41) is 9.12. The molecule has 0 unspecified atom stereocenters. The highest BCUT2D eigenvalue weighted by molar-refractivity contribution is 7.89. The van der Waals surface area contributed by atoms with Gasteiger partial charge in [-0.25, -0.2) is 12.7 Å². The van der Waals surface area contributed by atoms with Crippen LogP contribution in [-0.2, 0) is 10.0 Å². The molecule has 0 aliphatic carbocycles. The fourth-order valence-corrected chi connectivity index (χ4v) is 4.13. The molecule has 0 fully saturated rings. The predicted molar refractivity (Wildman–Crippen MR) is 139 cm³/mol. The van der Waals surface area contributed by atoms with Crippen LogP contribution in [0, 0.1) is 0 Å². The second-order valence-electron chi connectivity index (χ2n) is 7.38. The first-order chi connectivity index (χ1) is 16.2. The maximum atomic E-state index is 12.5. The zero-order valence-corrected chi connectivity index (χ0v) is 20.7. The summed E-state index contributed by atoms with van der Waals surface area (Å²) in [7, 11) is -0.597. The van der Waals surface area contributed by atoms with Crippen LogP contribution in [0.15, 0.2) is 77.7 Å². The van der Waals surface area contributed by atoms with Gasteiger partial charge in [0, 0.05) is 36.7 Å². The molecule has 178 valence electrons. The van der Waals surface area contributed by atoms with Crippen molar-refractivity contribution in [3.63, 3.8) is 0 Å². The smallest absolute Gasteiger partial charge is 0.255 e. The van der Waals surface area contributed by atoms with E-state index in [1.165, 1.54) is 26.2 Å². The van der Waals surface area contributed by atoms with Gasteiger partial charge in [0.15, 0.2) is 5.11 Å². The predicted octanol–water partition coefficient (Wildman–Crippen LogP) is 4.40. The van der Waals surface area contributed by atoms with E-state index in [1.54, 1.807) is 60.7 Å². The van der Waals surface area contributed by atoms with Crippen molar-refractivity contribution >= 4 is 50.3 Å². The van der Waals surface area contributed by atoms with E-state index in [2.05, 4.69) is 16.0 Å². The van der Waals surface area contributed by atoms with E-state index in [0.717, 1.165) is 10.1 Å². The third-order valence-electron chi connectivity index (χ3n) is 4.70. The lowest BCUT2D eigenvalue weighted by molar-refractivity contribution is 0.102. The number of thiocarbonyl (C=S) groups is 1. The number of hydrogen-bond donors (Lipinski definition) is 3. The van der Waals surface area contributed by atoms with Gasteiger partial charge in [-0.3, -0.25) is 4.79 Å². The molecule has 8 nitrogen and oxygen atoms in total. The van der Waals surface area contributed by atoms with Crippen molar-refractivity contribution < 1.29 is 17.9 Å². The van der Waals surface area contributed by atoms with Gasteiger partial charge in [-0.05, 0) is 85.9 Å².